The molecule has 0 fully saturated rings. The van der Waals surface area contributed by atoms with Crippen LogP contribution in [0.1, 0.15) is 43.4 Å². The van der Waals surface area contributed by atoms with E-state index in [0.717, 1.165) is 19.4 Å². The third-order valence-corrected chi connectivity index (χ3v) is 3.18. The van der Waals surface area contributed by atoms with Crippen molar-refractivity contribution in [2.24, 2.45) is 0 Å². The lowest BCUT2D eigenvalue weighted by molar-refractivity contribution is 0.516. The van der Waals surface area contributed by atoms with Crippen LogP contribution in [0.15, 0.2) is 18.2 Å². The Morgan fingerprint density at radius 2 is 2.06 bits per heavy atom. The molecule has 0 aliphatic carbocycles. The first-order valence-corrected chi connectivity index (χ1v) is 6.86. The molecular formula is C17H25N. The van der Waals surface area contributed by atoms with Crippen LogP contribution in [-0.4, -0.2) is 12.6 Å². The van der Waals surface area contributed by atoms with E-state index >= 15 is 0 Å². The summed E-state index contributed by atoms with van der Waals surface area (Å²) in [6.45, 7) is 9.53. The number of hydrogen-bond acceptors (Lipinski definition) is 1. The van der Waals surface area contributed by atoms with Gasteiger partial charge in [-0.15, -0.1) is 11.8 Å². The molecule has 1 aromatic rings. The molecule has 0 radical (unpaired) electrons. The van der Waals surface area contributed by atoms with Gasteiger partial charge in [0.25, 0.3) is 0 Å². The number of benzene rings is 1. The van der Waals surface area contributed by atoms with E-state index in [9.17, 15) is 0 Å². The van der Waals surface area contributed by atoms with Gasteiger partial charge < -0.3 is 5.32 Å². The fraction of sp³-hybridized carbons (Fsp3) is 0.529. The van der Waals surface area contributed by atoms with Crippen molar-refractivity contribution >= 4 is 0 Å². The fourth-order valence-electron chi connectivity index (χ4n) is 2.08. The van der Waals surface area contributed by atoms with E-state index in [0.29, 0.717) is 6.04 Å². The Hall–Kier alpha value is -1.26. The summed E-state index contributed by atoms with van der Waals surface area (Å²) < 4.78 is 0. The normalized spacial score (nSPS) is 11.8. The molecule has 0 aromatic heterocycles. The van der Waals surface area contributed by atoms with Crippen LogP contribution >= 0.6 is 0 Å². The van der Waals surface area contributed by atoms with Crippen LogP contribution in [0, 0.1) is 25.7 Å². The average Bonchev–Trinajstić information content (AvgIpc) is 2.37. The summed E-state index contributed by atoms with van der Waals surface area (Å²) in [5.74, 6) is 6.20. The molecule has 1 unspecified atom stereocenters. The molecule has 0 amide bonds. The topological polar surface area (TPSA) is 12.0 Å². The van der Waals surface area contributed by atoms with Crippen molar-refractivity contribution in [1.82, 2.24) is 5.32 Å². The van der Waals surface area contributed by atoms with Gasteiger partial charge in [0.05, 0.1) is 0 Å². The number of aryl methyl sites for hydroxylation is 2. The minimum Gasteiger partial charge on any atom is -0.313 e. The van der Waals surface area contributed by atoms with Gasteiger partial charge in [-0.05, 0) is 51.3 Å². The molecule has 0 heterocycles. The molecule has 98 valence electrons. The number of nitrogens with one attached hydrogen (secondary N) is 1. The number of rotatable bonds is 6. The van der Waals surface area contributed by atoms with Crippen LogP contribution in [0.2, 0.25) is 0 Å². The molecule has 1 rings (SSSR count). The molecule has 0 aliphatic rings. The molecule has 18 heavy (non-hydrogen) atoms. The van der Waals surface area contributed by atoms with E-state index in [1.807, 2.05) is 6.92 Å². The highest BCUT2D eigenvalue weighted by atomic mass is 14.9. The highest BCUT2D eigenvalue weighted by Crippen LogP contribution is 2.14. The summed E-state index contributed by atoms with van der Waals surface area (Å²) in [6.07, 6.45) is 3.18. The first-order valence-electron chi connectivity index (χ1n) is 6.86. The maximum atomic E-state index is 3.60. The molecule has 1 N–H and O–H groups in total. The van der Waals surface area contributed by atoms with E-state index in [1.54, 1.807) is 0 Å². The Bertz CT molecular complexity index is 423. The highest BCUT2D eigenvalue weighted by molar-refractivity contribution is 5.31. The molecule has 0 spiro atoms. The van der Waals surface area contributed by atoms with Gasteiger partial charge in [-0.1, -0.05) is 30.7 Å². The molecule has 1 atom stereocenters. The van der Waals surface area contributed by atoms with Gasteiger partial charge in [0, 0.05) is 12.5 Å². The van der Waals surface area contributed by atoms with Crippen molar-refractivity contribution in [3.8, 4) is 11.8 Å². The zero-order valence-corrected chi connectivity index (χ0v) is 12.1. The second-order valence-corrected chi connectivity index (χ2v) is 4.92. The van der Waals surface area contributed by atoms with Gasteiger partial charge in [0.1, 0.15) is 0 Å². The van der Waals surface area contributed by atoms with Crippen molar-refractivity contribution in [2.45, 2.75) is 53.0 Å². The summed E-state index contributed by atoms with van der Waals surface area (Å²) in [4.78, 5) is 0. The minimum absolute atomic E-state index is 0.470. The Balaban J connectivity index is 2.73. The van der Waals surface area contributed by atoms with Crippen molar-refractivity contribution < 1.29 is 0 Å². The van der Waals surface area contributed by atoms with E-state index < -0.39 is 0 Å². The third kappa shape index (κ3) is 4.94. The molecule has 0 saturated carbocycles. The van der Waals surface area contributed by atoms with Gasteiger partial charge in [-0.2, -0.15) is 0 Å². The molecule has 1 heteroatoms. The summed E-state index contributed by atoms with van der Waals surface area (Å²) in [6, 6.07) is 7.17. The minimum atomic E-state index is 0.470. The van der Waals surface area contributed by atoms with Crippen molar-refractivity contribution in [2.75, 3.05) is 6.54 Å². The quantitative estimate of drug-likeness (QED) is 0.752. The largest absolute Gasteiger partial charge is 0.313 e. The van der Waals surface area contributed by atoms with E-state index in [4.69, 9.17) is 0 Å². The lowest BCUT2D eigenvalue weighted by Crippen LogP contribution is -2.31. The van der Waals surface area contributed by atoms with Gasteiger partial charge in [0.2, 0.25) is 0 Å². The second-order valence-electron chi connectivity index (χ2n) is 4.92. The van der Waals surface area contributed by atoms with Crippen LogP contribution in [0.4, 0.5) is 0 Å². The Labute approximate surface area is 112 Å². The third-order valence-electron chi connectivity index (χ3n) is 3.18. The van der Waals surface area contributed by atoms with Crippen LogP contribution in [0.25, 0.3) is 0 Å². The molecule has 1 aromatic carbocycles. The van der Waals surface area contributed by atoms with Crippen molar-refractivity contribution in [3.05, 3.63) is 34.9 Å². The zero-order valence-electron chi connectivity index (χ0n) is 12.1. The zero-order chi connectivity index (χ0) is 13.4. The molecular weight excluding hydrogens is 218 g/mol. The summed E-state index contributed by atoms with van der Waals surface area (Å²) >= 11 is 0. The standard InChI is InChI=1S/C17H25N/c1-5-7-8-17(18-11-6-2)13-16-12-14(3)9-10-15(16)4/h9-10,12,17-18H,6,8,11,13H2,1-4H3. The van der Waals surface area contributed by atoms with Crippen LogP contribution < -0.4 is 5.32 Å². The van der Waals surface area contributed by atoms with Gasteiger partial charge >= 0.3 is 0 Å². The van der Waals surface area contributed by atoms with Crippen molar-refractivity contribution in [1.29, 1.82) is 0 Å². The second kappa shape index (κ2) is 7.95. The molecule has 0 saturated heterocycles. The fourth-order valence-corrected chi connectivity index (χ4v) is 2.08. The summed E-state index contributed by atoms with van der Waals surface area (Å²) in [5, 5.41) is 3.60. The van der Waals surface area contributed by atoms with Crippen LogP contribution in [-0.2, 0) is 6.42 Å². The average molecular weight is 243 g/mol. The predicted octanol–water partition coefficient (Wildman–Crippen LogP) is 3.63. The van der Waals surface area contributed by atoms with E-state index in [1.165, 1.54) is 23.1 Å². The predicted molar refractivity (Wildman–Crippen MR) is 79.8 cm³/mol. The number of hydrogen-bond donors (Lipinski definition) is 1. The van der Waals surface area contributed by atoms with Crippen molar-refractivity contribution in [3.63, 3.8) is 0 Å². The monoisotopic (exact) mass is 243 g/mol. The molecule has 1 nitrogen and oxygen atoms in total. The van der Waals surface area contributed by atoms with E-state index in [2.05, 4.69) is 56.1 Å². The first-order chi connectivity index (χ1) is 8.67. The first kappa shape index (κ1) is 14.8. The smallest absolute Gasteiger partial charge is 0.0246 e. The Morgan fingerprint density at radius 1 is 1.28 bits per heavy atom. The molecule has 0 bridgehead atoms. The lowest BCUT2D eigenvalue weighted by Gasteiger charge is -2.17. The Kier molecular flexibility index (Phi) is 6.54. The summed E-state index contributed by atoms with van der Waals surface area (Å²) in [5.41, 5.74) is 4.17. The van der Waals surface area contributed by atoms with Crippen LogP contribution in [0.3, 0.4) is 0 Å². The maximum absolute atomic E-state index is 3.60. The van der Waals surface area contributed by atoms with Gasteiger partial charge in [-0.3, -0.25) is 0 Å². The SMILES string of the molecule is CC#CCC(Cc1cc(C)ccc1C)NCCC. The molecule has 0 aliphatic heterocycles. The Morgan fingerprint density at radius 3 is 2.72 bits per heavy atom. The van der Waals surface area contributed by atoms with Crippen LogP contribution in [0.5, 0.6) is 0 Å². The summed E-state index contributed by atoms with van der Waals surface area (Å²) in [7, 11) is 0. The highest BCUT2D eigenvalue weighted by Gasteiger charge is 2.09. The van der Waals surface area contributed by atoms with Gasteiger partial charge in [0.15, 0.2) is 0 Å². The van der Waals surface area contributed by atoms with E-state index in [-0.39, 0.29) is 0 Å². The maximum Gasteiger partial charge on any atom is 0.0246 e. The van der Waals surface area contributed by atoms with Gasteiger partial charge in [-0.25, -0.2) is 0 Å². The lowest BCUT2D eigenvalue weighted by atomic mass is 9.97.